The van der Waals surface area contributed by atoms with Gasteiger partial charge in [-0.2, -0.15) is 0 Å². The maximum absolute atomic E-state index is 11.4. The Hall–Kier alpha value is -2.30. The summed E-state index contributed by atoms with van der Waals surface area (Å²) in [5, 5.41) is 0. The Kier molecular flexibility index (Phi) is 2.11. The Labute approximate surface area is 96.6 Å². The normalized spacial score (nSPS) is 19.9. The number of hydrogen-bond acceptors (Lipinski definition) is 5. The molecular formula is C12H8O5. The molecule has 0 unspecified atom stereocenters. The zero-order valence-corrected chi connectivity index (χ0v) is 8.76. The van der Waals surface area contributed by atoms with E-state index in [0.717, 1.165) is 0 Å². The zero-order chi connectivity index (χ0) is 11.8. The number of ether oxygens (including phenoxy) is 3. The summed E-state index contributed by atoms with van der Waals surface area (Å²) in [5.74, 6) is 0.394. The van der Waals surface area contributed by atoms with Gasteiger partial charge in [-0.3, -0.25) is 4.79 Å². The molecule has 0 amide bonds. The van der Waals surface area contributed by atoms with Crippen molar-refractivity contribution in [3.63, 3.8) is 0 Å². The van der Waals surface area contributed by atoms with Crippen LogP contribution in [0, 0.1) is 0 Å². The fraction of sp³-hybridized carbons (Fsp3) is 0.167. The fourth-order valence-electron chi connectivity index (χ4n) is 1.71. The lowest BCUT2D eigenvalue weighted by atomic mass is 10.1. The third-order valence-electron chi connectivity index (χ3n) is 2.56. The minimum absolute atomic E-state index is 0.0730. The molecule has 5 heteroatoms. The molecule has 2 heterocycles. The maximum Gasteiger partial charge on any atom is 0.342 e. The number of fused-ring (bicyclic) bond motifs is 1. The average molecular weight is 232 g/mol. The lowest BCUT2D eigenvalue weighted by Gasteiger charge is -1.98. The van der Waals surface area contributed by atoms with E-state index in [1.807, 2.05) is 0 Å². The smallest absolute Gasteiger partial charge is 0.342 e. The molecule has 1 fully saturated rings. The van der Waals surface area contributed by atoms with Crippen LogP contribution in [-0.2, 0) is 14.3 Å². The largest absolute Gasteiger partial charge is 0.454 e. The van der Waals surface area contributed by atoms with Crippen LogP contribution in [0.3, 0.4) is 0 Å². The third kappa shape index (κ3) is 1.65. The first-order chi connectivity index (χ1) is 8.24. The first-order valence-corrected chi connectivity index (χ1v) is 5.06. The highest BCUT2D eigenvalue weighted by molar-refractivity contribution is 6.24. The van der Waals surface area contributed by atoms with Crippen LogP contribution in [0.5, 0.6) is 11.5 Å². The van der Waals surface area contributed by atoms with E-state index < -0.39 is 5.97 Å². The monoisotopic (exact) mass is 232 g/mol. The molecule has 0 radical (unpaired) electrons. The molecule has 0 aromatic heterocycles. The van der Waals surface area contributed by atoms with E-state index >= 15 is 0 Å². The van der Waals surface area contributed by atoms with Crippen LogP contribution < -0.4 is 9.47 Å². The predicted octanol–water partition coefficient (Wildman–Crippen LogP) is 0.925. The second-order valence-electron chi connectivity index (χ2n) is 3.67. The van der Waals surface area contributed by atoms with Gasteiger partial charge in [0.15, 0.2) is 18.1 Å². The summed E-state index contributed by atoms with van der Waals surface area (Å²) in [4.78, 5) is 22.6. The minimum Gasteiger partial charge on any atom is -0.454 e. The molecule has 1 aromatic carbocycles. The molecule has 0 saturated carbocycles. The van der Waals surface area contributed by atoms with Gasteiger partial charge < -0.3 is 14.2 Å². The summed E-state index contributed by atoms with van der Waals surface area (Å²) in [7, 11) is 0. The van der Waals surface area contributed by atoms with Crippen LogP contribution >= 0.6 is 0 Å². The summed E-state index contributed by atoms with van der Waals surface area (Å²) >= 11 is 0. The van der Waals surface area contributed by atoms with Gasteiger partial charge in [0.2, 0.25) is 12.6 Å². The maximum atomic E-state index is 11.4. The SMILES string of the molecule is O=C1COC(=O)/C1=C/c1ccc2c(c1)OCO2. The number of Topliss-reactive ketones (excluding diaryl/α,β-unsaturated/α-hetero) is 1. The van der Waals surface area contributed by atoms with Crippen molar-refractivity contribution in [3.05, 3.63) is 29.3 Å². The van der Waals surface area contributed by atoms with Crippen LogP contribution in [0.2, 0.25) is 0 Å². The van der Waals surface area contributed by atoms with Crippen molar-refractivity contribution in [2.75, 3.05) is 13.4 Å². The van der Waals surface area contributed by atoms with Gasteiger partial charge in [-0.15, -0.1) is 0 Å². The van der Waals surface area contributed by atoms with Crippen molar-refractivity contribution in [3.8, 4) is 11.5 Å². The highest BCUT2D eigenvalue weighted by Crippen LogP contribution is 2.33. The van der Waals surface area contributed by atoms with Gasteiger partial charge in [0.25, 0.3) is 0 Å². The highest BCUT2D eigenvalue weighted by atomic mass is 16.7. The van der Waals surface area contributed by atoms with E-state index in [-0.39, 0.29) is 24.8 Å². The number of carbonyl (C=O) groups is 2. The predicted molar refractivity (Wildman–Crippen MR) is 56.5 cm³/mol. The molecule has 3 rings (SSSR count). The number of esters is 1. The van der Waals surface area contributed by atoms with Crippen molar-refractivity contribution < 1.29 is 23.8 Å². The second-order valence-corrected chi connectivity index (χ2v) is 3.67. The summed E-state index contributed by atoms with van der Waals surface area (Å²) < 4.78 is 15.0. The van der Waals surface area contributed by atoms with Crippen LogP contribution in [0.1, 0.15) is 5.56 Å². The van der Waals surface area contributed by atoms with Crippen LogP contribution in [-0.4, -0.2) is 25.2 Å². The summed E-state index contributed by atoms with van der Waals surface area (Å²) in [6.07, 6.45) is 1.50. The Bertz CT molecular complexity index is 526. The van der Waals surface area contributed by atoms with E-state index in [2.05, 4.69) is 4.74 Å². The van der Waals surface area contributed by atoms with E-state index in [0.29, 0.717) is 17.1 Å². The van der Waals surface area contributed by atoms with Crippen molar-refractivity contribution in [1.29, 1.82) is 0 Å². The molecule has 17 heavy (non-hydrogen) atoms. The Morgan fingerprint density at radius 2 is 1.88 bits per heavy atom. The first-order valence-electron chi connectivity index (χ1n) is 5.06. The number of benzene rings is 1. The first kappa shape index (κ1) is 9.89. The Balaban J connectivity index is 1.98. The van der Waals surface area contributed by atoms with E-state index in [1.165, 1.54) is 6.08 Å². The quantitative estimate of drug-likeness (QED) is 0.409. The number of carbonyl (C=O) groups excluding carboxylic acids is 2. The molecule has 86 valence electrons. The van der Waals surface area contributed by atoms with Crippen molar-refractivity contribution >= 4 is 17.8 Å². The van der Waals surface area contributed by atoms with E-state index in [4.69, 9.17) is 9.47 Å². The molecule has 0 N–H and O–H groups in total. The molecular weight excluding hydrogens is 224 g/mol. The second kappa shape index (κ2) is 3.62. The van der Waals surface area contributed by atoms with Gasteiger partial charge in [0.1, 0.15) is 5.57 Å². The summed E-state index contributed by atoms with van der Waals surface area (Å²) in [6, 6.07) is 5.20. The van der Waals surface area contributed by atoms with Gasteiger partial charge in [-0.25, -0.2) is 4.79 Å². The van der Waals surface area contributed by atoms with E-state index in [9.17, 15) is 9.59 Å². The molecule has 1 aromatic rings. The lowest BCUT2D eigenvalue weighted by Crippen LogP contribution is -2.00. The molecule has 0 bridgehead atoms. The van der Waals surface area contributed by atoms with Gasteiger partial charge in [-0.1, -0.05) is 6.07 Å². The van der Waals surface area contributed by atoms with E-state index in [1.54, 1.807) is 18.2 Å². The molecule has 0 aliphatic carbocycles. The number of rotatable bonds is 1. The molecule has 2 aliphatic heterocycles. The van der Waals surface area contributed by atoms with Gasteiger partial charge >= 0.3 is 5.97 Å². The van der Waals surface area contributed by atoms with Crippen LogP contribution in [0.25, 0.3) is 6.08 Å². The van der Waals surface area contributed by atoms with Crippen LogP contribution in [0.4, 0.5) is 0 Å². The molecule has 0 spiro atoms. The Morgan fingerprint density at radius 1 is 1.06 bits per heavy atom. The number of ketones is 1. The zero-order valence-electron chi connectivity index (χ0n) is 8.76. The summed E-state index contributed by atoms with van der Waals surface area (Å²) in [5.41, 5.74) is 0.778. The standard InChI is InChI=1S/C12H8O5/c13-9-5-15-12(14)8(9)3-7-1-2-10-11(4-7)17-6-16-10/h1-4H,5-6H2/b8-3+. The average Bonchev–Trinajstić information content (AvgIpc) is 2.90. The van der Waals surface area contributed by atoms with Crippen molar-refractivity contribution in [2.45, 2.75) is 0 Å². The lowest BCUT2D eigenvalue weighted by molar-refractivity contribution is -0.135. The molecule has 2 aliphatic rings. The van der Waals surface area contributed by atoms with Gasteiger partial charge in [0.05, 0.1) is 0 Å². The van der Waals surface area contributed by atoms with Crippen molar-refractivity contribution in [1.82, 2.24) is 0 Å². The topological polar surface area (TPSA) is 61.8 Å². The molecule has 0 atom stereocenters. The summed E-state index contributed by atoms with van der Waals surface area (Å²) in [6.45, 7) is 0.0194. The number of hydrogen-bond donors (Lipinski definition) is 0. The molecule has 1 saturated heterocycles. The molecule has 5 nitrogen and oxygen atoms in total. The number of cyclic esters (lactones) is 1. The highest BCUT2D eigenvalue weighted by Gasteiger charge is 2.28. The Morgan fingerprint density at radius 3 is 2.65 bits per heavy atom. The fourth-order valence-corrected chi connectivity index (χ4v) is 1.71. The third-order valence-corrected chi connectivity index (χ3v) is 2.56. The minimum atomic E-state index is -0.576. The van der Waals surface area contributed by atoms with Crippen LogP contribution in [0.15, 0.2) is 23.8 Å². The van der Waals surface area contributed by atoms with Crippen molar-refractivity contribution in [2.24, 2.45) is 0 Å². The van der Waals surface area contributed by atoms with Gasteiger partial charge in [0, 0.05) is 0 Å². The van der Waals surface area contributed by atoms with Gasteiger partial charge in [-0.05, 0) is 23.8 Å².